The van der Waals surface area contributed by atoms with Gasteiger partial charge in [0.2, 0.25) is 5.91 Å². The first kappa shape index (κ1) is 19.9. The van der Waals surface area contributed by atoms with Crippen LogP contribution in [0.2, 0.25) is 5.02 Å². The van der Waals surface area contributed by atoms with E-state index in [1.807, 2.05) is 0 Å². The van der Waals surface area contributed by atoms with E-state index in [2.05, 4.69) is 0 Å². The van der Waals surface area contributed by atoms with Crippen LogP contribution >= 0.6 is 11.6 Å². The number of rotatable bonds is 6. The van der Waals surface area contributed by atoms with Crippen LogP contribution in [0, 0.1) is 0 Å². The molecule has 1 saturated heterocycles. The van der Waals surface area contributed by atoms with Crippen molar-refractivity contribution in [2.24, 2.45) is 0 Å². The van der Waals surface area contributed by atoms with E-state index in [4.69, 9.17) is 21.1 Å². The molecule has 1 heterocycles. The lowest BCUT2D eigenvalue weighted by Gasteiger charge is -2.28. The fourth-order valence-corrected chi connectivity index (χ4v) is 2.36. The molecule has 0 bridgehead atoms. The van der Waals surface area contributed by atoms with E-state index in [0.717, 1.165) is 5.56 Å². The van der Waals surface area contributed by atoms with Crippen molar-refractivity contribution in [2.45, 2.75) is 0 Å². The third-order valence-electron chi connectivity index (χ3n) is 3.78. The molecule has 0 radical (unpaired) electrons. The maximum absolute atomic E-state index is 12.1. The van der Waals surface area contributed by atoms with E-state index in [9.17, 15) is 14.4 Å². The SMILES string of the molecule is CN(CC(=O)N1CCOCC1)C(=O)COC(=O)/C=C/c1ccc(Cl)cc1. The summed E-state index contributed by atoms with van der Waals surface area (Å²) in [5.74, 6) is -1.24. The van der Waals surface area contributed by atoms with E-state index in [-0.39, 0.29) is 12.5 Å². The standard InChI is InChI=1S/C18H21ClN2O5/c1-20(12-16(22)21-8-10-25-11-9-21)17(23)13-26-18(24)7-4-14-2-5-15(19)6-3-14/h2-7H,8-13H2,1H3/b7-4+. The van der Waals surface area contributed by atoms with Crippen LogP contribution in [0.5, 0.6) is 0 Å². The number of esters is 1. The Kier molecular flexibility index (Phi) is 7.62. The Morgan fingerprint density at radius 3 is 2.54 bits per heavy atom. The lowest BCUT2D eigenvalue weighted by atomic mass is 10.2. The fourth-order valence-electron chi connectivity index (χ4n) is 2.23. The van der Waals surface area contributed by atoms with Crippen molar-refractivity contribution in [3.05, 3.63) is 40.9 Å². The molecule has 1 aromatic carbocycles. The number of carbonyl (C=O) groups excluding carboxylic acids is 3. The van der Waals surface area contributed by atoms with Gasteiger partial charge < -0.3 is 19.3 Å². The summed E-state index contributed by atoms with van der Waals surface area (Å²) < 4.78 is 10.1. The number of likely N-dealkylation sites (N-methyl/N-ethyl adjacent to an activating group) is 1. The zero-order valence-corrected chi connectivity index (χ0v) is 15.3. The van der Waals surface area contributed by atoms with Gasteiger partial charge in [0, 0.05) is 31.2 Å². The molecule has 7 nitrogen and oxygen atoms in total. The van der Waals surface area contributed by atoms with Crippen molar-refractivity contribution in [2.75, 3.05) is 46.5 Å². The van der Waals surface area contributed by atoms with Crippen LogP contribution in [-0.2, 0) is 23.9 Å². The lowest BCUT2D eigenvalue weighted by Crippen LogP contribution is -2.46. The van der Waals surface area contributed by atoms with Crippen LogP contribution in [0.15, 0.2) is 30.3 Å². The normalized spacial score (nSPS) is 14.3. The van der Waals surface area contributed by atoms with Crippen LogP contribution < -0.4 is 0 Å². The molecule has 8 heteroatoms. The topological polar surface area (TPSA) is 76.2 Å². The molecule has 0 saturated carbocycles. The molecule has 0 N–H and O–H groups in total. The molecule has 1 aliphatic heterocycles. The van der Waals surface area contributed by atoms with Crippen LogP contribution in [-0.4, -0.2) is 74.1 Å². The molecule has 1 aliphatic rings. The van der Waals surface area contributed by atoms with E-state index in [1.54, 1.807) is 35.2 Å². The highest BCUT2D eigenvalue weighted by molar-refractivity contribution is 6.30. The number of hydrogen-bond donors (Lipinski definition) is 0. The largest absolute Gasteiger partial charge is 0.452 e. The van der Waals surface area contributed by atoms with Gasteiger partial charge in [0.1, 0.15) is 0 Å². The number of morpholine rings is 1. The van der Waals surface area contributed by atoms with Crippen molar-refractivity contribution in [3.8, 4) is 0 Å². The Morgan fingerprint density at radius 1 is 1.23 bits per heavy atom. The highest BCUT2D eigenvalue weighted by Crippen LogP contribution is 2.10. The lowest BCUT2D eigenvalue weighted by molar-refractivity contribution is -0.149. The summed E-state index contributed by atoms with van der Waals surface area (Å²) in [6, 6.07) is 6.91. The van der Waals surface area contributed by atoms with Crippen molar-refractivity contribution >= 4 is 35.5 Å². The highest BCUT2D eigenvalue weighted by Gasteiger charge is 2.20. The smallest absolute Gasteiger partial charge is 0.331 e. The number of nitrogens with zero attached hydrogens (tertiary/aromatic N) is 2. The molecule has 140 valence electrons. The Bertz CT molecular complexity index is 669. The van der Waals surface area contributed by atoms with Gasteiger partial charge in [-0.25, -0.2) is 4.79 Å². The second-order valence-electron chi connectivity index (χ2n) is 5.74. The van der Waals surface area contributed by atoms with Crippen molar-refractivity contribution in [1.82, 2.24) is 9.80 Å². The molecular formula is C18H21ClN2O5. The van der Waals surface area contributed by atoms with Gasteiger partial charge in [-0.05, 0) is 23.8 Å². The fraction of sp³-hybridized carbons (Fsp3) is 0.389. The quantitative estimate of drug-likeness (QED) is 0.547. The molecule has 0 spiro atoms. The van der Waals surface area contributed by atoms with Gasteiger partial charge in [-0.15, -0.1) is 0 Å². The zero-order valence-electron chi connectivity index (χ0n) is 14.5. The average Bonchev–Trinajstić information content (AvgIpc) is 2.66. The molecule has 0 unspecified atom stereocenters. The number of amides is 2. The van der Waals surface area contributed by atoms with Crippen LogP contribution in [0.3, 0.4) is 0 Å². The van der Waals surface area contributed by atoms with Crippen LogP contribution in [0.4, 0.5) is 0 Å². The Labute approximate surface area is 157 Å². The molecule has 1 fully saturated rings. The summed E-state index contributed by atoms with van der Waals surface area (Å²) in [5, 5.41) is 0.602. The van der Waals surface area contributed by atoms with Crippen LogP contribution in [0.1, 0.15) is 5.56 Å². The predicted octanol–water partition coefficient (Wildman–Crippen LogP) is 1.21. The molecule has 2 rings (SSSR count). The second-order valence-corrected chi connectivity index (χ2v) is 6.17. The minimum atomic E-state index is -0.638. The Hall–Kier alpha value is -2.38. The number of carbonyl (C=O) groups is 3. The number of hydrogen-bond acceptors (Lipinski definition) is 5. The predicted molar refractivity (Wildman–Crippen MR) is 96.5 cm³/mol. The maximum atomic E-state index is 12.1. The second kappa shape index (κ2) is 9.94. The minimum Gasteiger partial charge on any atom is -0.452 e. The van der Waals surface area contributed by atoms with Gasteiger partial charge in [-0.1, -0.05) is 23.7 Å². The summed E-state index contributed by atoms with van der Waals surface area (Å²) in [7, 11) is 1.50. The zero-order chi connectivity index (χ0) is 18.9. The van der Waals surface area contributed by atoms with Crippen LogP contribution in [0.25, 0.3) is 6.08 Å². The van der Waals surface area contributed by atoms with Gasteiger partial charge in [0.25, 0.3) is 5.91 Å². The van der Waals surface area contributed by atoms with E-state index >= 15 is 0 Å². The number of benzene rings is 1. The summed E-state index contributed by atoms with van der Waals surface area (Å²) in [6.45, 7) is 1.56. The van der Waals surface area contributed by atoms with E-state index in [1.165, 1.54) is 18.0 Å². The molecule has 0 atom stereocenters. The van der Waals surface area contributed by atoms with Gasteiger partial charge >= 0.3 is 5.97 Å². The van der Waals surface area contributed by atoms with E-state index in [0.29, 0.717) is 31.3 Å². The third kappa shape index (κ3) is 6.50. The Balaban J connectivity index is 1.73. The molecule has 26 heavy (non-hydrogen) atoms. The first-order valence-corrected chi connectivity index (χ1v) is 8.53. The van der Waals surface area contributed by atoms with Crippen molar-refractivity contribution in [3.63, 3.8) is 0 Å². The van der Waals surface area contributed by atoms with Gasteiger partial charge in [-0.2, -0.15) is 0 Å². The van der Waals surface area contributed by atoms with Gasteiger partial charge in [-0.3, -0.25) is 9.59 Å². The van der Waals surface area contributed by atoms with Crippen molar-refractivity contribution < 1.29 is 23.9 Å². The van der Waals surface area contributed by atoms with E-state index < -0.39 is 18.5 Å². The summed E-state index contributed by atoms with van der Waals surface area (Å²) in [5.41, 5.74) is 0.783. The minimum absolute atomic E-state index is 0.0585. The van der Waals surface area contributed by atoms with Gasteiger partial charge in [0.15, 0.2) is 6.61 Å². The highest BCUT2D eigenvalue weighted by atomic mass is 35.5. The summed E-state index contributed by atoms with van der Waals surface area (Å²) in [6.07, 6.45) is 2.80. The molecular weight excluding hydrogens is 360 g/mol. The number of halogens is 1. The van der Waals surface area contributed by atoms with Gasteiger partial charge in [0.05, 0.1) is 19.8 Å². The van der Waals surface area contributed by atoms with Crippen molar-refractivity contribution in [1.29, 1.82) is 0 Å². The number of ether oxygens (including phenoxy) is 2. The maximum Gasteiger partial charge on any atom is 0.331 e. The molecule has 0 aromatic heterocycles. The monoisotopic (exact) mass is 380 g/mol. The first-order chi connectivity index (χ1) is 12.5. The average molecular weight is 381 g/mol. The first-order valence-electron chi connectivity index (χ1n) is 8.15. The molecule has 1 aromatic rings. The Morgan fingerprint density at radius 2 is 1.88 bits per heavy atom. The summed E-state index contributed by atoms with van der Waals surface area (Å²) >= 11 is 5.78. The summed E-state index contributed by atoms with van der Waals surface area (Å²) in [4.78, 5) is 38.7. The third-order valence-corrected chi connectivity index (χ3v) is 4.03. The molecule has 0 aliphatic carbocycles. The molecule has 2 amide bonds.